The van der Waals surface area contributed by atoms with Gasteiger partial charge >= 0.3 is 6.09 Å². The van der Waals surface area contributed by atoms with Gasteiger partial charge in [0.2, 0.25) is 0 Å². The molecule has 4 nitrogen and oxygen atoms in total. The molecule has 0 unspecified atom stereocenters. The number of rotatable bonds is 1. The Bertz CT molecular complexity index is 66.7. The quantitative estimate of drug-likeness (QED) is 0.213. The Morgan fingerprint density at radius 2 is 2.57 bits per heavy atom. The summed E-state index contributed by atoms with van der Waals surface area (Å²) in [5.74, 6) is 4.63. The molecule has 0 aliphatic rings. The molecule has 0 aromatic rings. The van der Waals surface area contributed by atoms with Gasteiger partial charge in [0.15, 0.2) is 0 Å². The summed E-state index contributed by atoms with van der Waals surface area (Å²) in [5, 5.41) is 0. The Labute approximate surface area is 54.5 Å². The van der Waals surface area contributed by atoms with Crippen LogP contribution in [0.25, 0.3) is 0 Å². The Balaban J connectivity index is 3.00. The van der Waals surface area contributed by atoms with Gasteiger partial charge in [-0.05, 0) is 22.6 Å². The van der Waals surface area contributed by atoms with Crippen LogP contribution < -0.4 is 11.3 Å². The number of nitrogens with two attached hydrogens (primary N) is 1. The Hall–Kier alpha value is -0.0400. The van der Waals surface area contributed by atoms with E-state index in [4.69, 9.17) is 0 Å². The lowest BCUT2D eigenvalue weighted by Gasteiger charge is -1.94. The van der Waals surface area contributed by atoms with Crippen molar-refractivity contribution in [3.8, 4) is 0 Å². The van der Waals surface area contributed by atoms with Crippen LogP contribution in [0.15, 0.2) is 0 Å². The molecular formula is C2H5IN2O2. The van der Waals surface area contributed by atoms with Gasteiger partial charge in [-0.3, -0.25) is 5.43 Å². The maximum absolute atomic E-state index is 9.95. The number of hydrogen-bond donors (Lipinski definition) is 2. The van der Waals surface area contributed by atoms with E-state index in [-0.39, 0.29) is 0 Å². The predicted octanol–water partition coefficient (Wildman–Crippen LogP) is -0.0212. The normalized spacial score (nSPS) is 7.71. The molecule has 0 bridgehead atoms. The van der Waals surface area contributed by atoms with Crippen LogP contribution in [0.1, 0.15) is 0 Å². The fraction of sp³-hybridized carbons (Fsp3) is 0.500. The minimum Gasteiger partial charge on any atom is -0.438 e. The molecule has 7 heavy (non-hydrogen) atoms. The standard InChI is InChI=1S/C2H5IN2O2/c3-1-7-2(6)5-4/h1,4H2,(H,5,6). The molecule has 42 valence electrons. The molecule has 0 saturated carbocycles. The number of halogens is 1. The zero-order valence-corrected chi connectivity index (χ0v) is 5.64. The molecule has 0 aromatic heterocycles. The van der Waals surface area contributed by atoms with Gasteiger partial charge in [0.25, 0.3) is 0 Å². The molecule has 0 rings (SSSR count). The average molecular weight is 216 g/mol. The molecule has 0 fully saturated rings. The number of ether oxygens (including phenoxy) is 1. The zero-order valence-electron chi connectivity index (χ0n) is 3.48. The first-order valence-electron chi connectivity index (χ1n) is 1.50. The number of carbonyl (C=O) groups is 1. The van der Waals surface area contributed by atoms with E-state index in [0.717, 1.165) is 0 Å². The van der Waals surface area contributed by atoms with Crippen molar-refractivity contribution in [3.05, 3.63) is 0 Å². The van der Waals surface area contributed by atoms with E-state index in [1.54, 1.807) is 5.43 Å². The van der Waals surface area contributed by atoms with E-state index < -0.39 is 6.09 Å². The van der Waals surface area contributed by atoms with Gasteiger partial charge in [-0.25, -0.2) is 10.6 Å². The van der Waals surface area contributed by atoms with Crippen molar-refractivity contribution in [2.45, 2.75) is 0 Å². The van der Waals surface area contributed by atoms with E-state index in [0.29, 0.717) is 4.61 Å². The molecule has 0 aromatic carbocycles. The van der Waals surface area contributed by atoms with E-state index >= 15 is 0 Å². The number of carbonyl (C=O) groups excluding carboxylic acids is 1. The highest BCUT2D eigenvalue weighted by Gasteiger charge is 1.90. The summed E-state index contributed by atoms with van der Waals surface area (Å²) in [6.45, 7) is 0. The van der Waals surface area contributed by atoms with Gasteiger partial charge in [-0.15, -0.1) is 0 Å². The maximum atomic E-state index is 9.95. The van der Waals surface area contributed by atoms with E-state index in [1.807, 2.05) is 22.6 Å². The summed E-state index contributed by atoms with van der Waals surface area (Å²) in [4.78, 5) is 9.95. The largest absolute Gasteiger partial charge is 0.438 e. The summed E-state index contributed by atoms with van der Waals surface area (Å²) in [7, 11) is 0. The van der Waals surface area contributed by atoms with E-state index in [9.17, 15) is 4.79 Å². The monoisotopic (exact) mass is 216 g/mol. The van der Waals surface area contributed by atoms with Crippen molar-refractivity contribution < 1.29 is 9.53 Å². The van der Waals surface area contributed by atoms with Crippen molar-refractivity contribution in [2.75, 3.05) is 4.61 Å². The molecule has 0 spiro atoms. The van der Waals surface area contributed by atoms with Crippen molar-refractivity contribution in [2.24, 2.45) is 5.84 Å². The van der Waals surface area contributed by atoms with Crippen molar-refractivity contribution >= 4 is 28.7 Å². The first-order chi connectivity index (χ1) is 3.31. The lowest BCUT2D eigenvalue weighted by molar-refractivity contribution is 0.169. The number of alkyl halides is 1. The number of amides is 1. The minimum absolute atomic E-state index is 0.320. The molecule has 0 aliphatic carbocycles. The first kappa shape index (κ1) is 6.96. The van der Waals surface area contributed by atoms with Crippen molar-refractivity contribution in [3.63, 3.8) is 0 Å². The molecule has 0 aliphatic heterocycles. The Morgan fingerprint density at radius 3 is 2.71 bits per heavy atom. The lowest BCUT2D eigenvalue weighted by atomic mass is 11.2. The van der Waals surface area contributed by atoms with E-state index in [1.165, 1.54) is 0 Å². The average Bonchev–Trinajstić information content (AvgIpc) is 1.68. The van der Waals surface area contributed by atoms with Crippen LogP contribution in [0.5, 0.6) is 0 Å². The third-order valence-electron chi connectivity index (χ3n) is 0.303. The van der Waals surface area contributed by atoms with Gasteiger partial charge in [0, 0.05) is 0 Å². The van der Waals surface area contributed by atoms with Gasteiger partial charge in [0.05, 0.1) is 0 Å². The molecule has 3 N–H and O–H groups in total. The van der Waals surface area contributed by atoms with Gasteiger partial charge < -0.3 is 4.74 Å². The Morgan fingerprint density at radius 1 is 2.00 bits per heavy atom. The lowest BCUT2D eigenvalue weighted by Crippen LogP contribution is -2.30. The fourth-order valence-electron chi connectivity index (χ4n) is 0.0912. The van der Waals surface area contributed by atoms with Crippen LogP contribution in [-0.4, -0.2) is 10.7 Å². The number of hydrogen-bond acceptors (Lipinski definition) is 3. The highest BCUT2D eigenvalue weighted by atomic mass is 127. The van der Waals surface area contributed by atoms with Gasteiger partial charge in [0.1, 0.15) is 4.61 Å². The van der Waals surface area contributed by atoms with E-state index in [2.05, 4.69) is 10.6 Å². The number of nitrogens with one attached hydrogen (secondary N) is 1. The fourth-order valence-corrected chi connectivity index (χ4v) is 0.374. The SMILES string of the molecule is NNC(=O)OCI. The molecule has 1 amide bonds. The summed E-state index contributed by atoms with van der Waals surface area (Å²) >= 11 is 1.89. The zero-order chi connectivity index (χ0) is 5.70. The second-order valence-electron chi connectivity index (χ2n) is 0.685. The molecule has 0 saturated heterocycles. The predicted molar refractivity (Wildman–Crippen MR) is 32.7 cm³/mol. The second-order valence-corrected chi connectivity index (χ2v) is 1.31. The third kappa shape index (κ3) is 3.80. The first-order valence-corrected chi connectivity index (χ1v) is 3.03. The van der Waals surface area contributed by atoms with Crippen LogP contribution >= 0.6 is 22.6 Å². The third-order valence-corrected chi connectivity index (χ3v) is 0.615. The summed E-state index contributed by atoms with van der Waals surface area (Å²) in [6, 6.07) is 0. The Kier molecular flexibility index (Phi) is 4.10. The molecule has 0 heterocycles. The van der Waals surface area contributed by atoms with Gasteiger partial charge in [-0.1, -0.05) is 0 Å². The van der Waals surface area contributed by atoms with Crippen LogP contribution in [0.3, 0.4) is 0 Å². The topological polar surface area (TPSA) is 64.3 Å². The smallest absolute Gasteiger partial charge is 0.422 e. The van der Waals surface area contributed by atoms with Crippen molar-refractivity contribution in [1.29, 1.82) is 0 Å². The molecule has 0 atom stereocenters. The summed E-state index contributed by atoms with van der Waals surface area (Å²) in [5.41, 5.74) is 1.80. The molecule has 0 radical (unpaired) electrons. The van der Waals surface area contributed by atoms with Gasteiger partial charge in [-0.2, -0.15) is 0 Å². The number of hydrazine groups is 1. The molecule has 5 heteroatoms. The second kappa shape index (κ2) is 4.13. The summed E-state index contributed by atoms with van der Waals surface area (Å²) < 4.78 is 4.62. The maximum Gasteiger partial charge on any atom is 0.422 e. The van der Waals surface area contributed by atoms with Crippen LogP contribution in [-0.2, 0) is 4.74 Å². The van der Waals surface area contributed by atoms with Crippen LogP contribution in [0.4, 0.5) is 4.79 Å². The molecular weight excluding hydrogens is 211 g/mol. The highest BCUT2D eigenvalue weighted by molar-refractivity contribution is 14.1. The minimum atomic E-state index is -0.602. The van der Waals surface area contributed by atoms with Crippen LogP contribution in [0, 0.1) is 0 Å². The van der Waals surface area contributed by atoms with Crippen LogP contribution in [0.2, 0.25) is 0 Å². The highest BCUT2D eigenvalue weighted by Crippen LogP contribution is 1.81. The van der Waals surface area contributed by atoms with Crippen molar-refractivity contribution in [1.82, 2.24) is 5.43 Å². The summed E-state index contributed by atoms with van der Waals surface area (Å²) in [6.07, 6.45) is -0.602.